The van der Waals surface area contributed by atoms with Crippen molar-refractivity contribution in [2.75, 3.05) is 45.7 Å². The fraction of sp³-hybridized carbons (Fsp3) is 1.00. The fourth-order valence-corrected chi connectivity index (χ4v) is 5.40. The molecule has 1 N–H and O–H groups in total. The lowest BCUT2D eigenvalue weighted by atomic mass is 10.00. The summed E-state index contributed by atoms with van der Waals surface area (Å²) < 4.78 is 28.7. The summed E-state index contributed by atoms with van der Waals surface area (Å²) in [6.07, 6.45) is 4.94. The average molecular weight is 324 g/mol. The Labute approximate surface area is 128 Å². The molecule has 120 valence electrons. The molecule has 0 amide bonds. The highest BCUT2D eigenvalue weighted by molar-refractivity contribution is 7.98. The summed E-state index contributed by atoms with van der Waals surface area (Å²) >= 11 is 1.70. The molecule has 0 aromatic carbocycles. The Kier molecular flexibility index (Phi) is 7.82. The maximum Gasteiger partial charge on any atom is 0.282 e. The molecular formula is C13H29N3O2S2. The van der Waals surface area contributed by atoms with Crippen LogP contribution in [-0.2, 0) is 10.2 Å². The van der Waals surface area contributed by atoms with E-state index in [2.05, 4.69) is 5.32 Å². The molecule has 7 heteroatoms. The van der Waals surface area contributed by atoms with Gasteiger partial charge in [0, 0.05) is 31.9 Å². The number of nitrogens with zero attached hydrogens (tertiary/aromatic N) is 2. The predicted octanol–water partition coefficient (Wildman–Crippen LogP) is 1.24. The summed E-state index contributed by atoms with van der Waals surface area (Å²) in [7, 11) is 0.324. The second-order valence-electron chi connectivity index (χ2n) is 5.47. The summed E-state index contributed by atoms with van der Waals surface area (Å²) in [4.78, 5) is 0. The normalized spacial score (nSPS) is 23.1. The van der Waals surface area contributed by atoms with E-state index in [9.17, 15) is 8.42 Å². The third kappa shape index (κ3) is 4.59. The summed E-state index contributed by atoms with van der Waals surface area (Å²) in [5, 5.41) is 3.15. The first-order chi connectivity index (χ1) is 9.47. The topological polar surface area (TPSA) is 52.7 Å². The highest BCUT2D eigenvalue weighted by Crippen LogP contribution is 2.22. The van der Waals surface area contributed by atoms with Crippen LogP contribution in [0.25, 0.3) is 0 Å². The molecule has 1 fully saturated rings. The van der Waals surface area contributed by atoms with Crippen molar-refractivity contribution in [1.82, 2.24) is 13.9 Å². The summed E-state index contributed by atoms with van der Waals surface area (Å²) in [6, 6.07) is 0.0830. The minimum absolute atomic E-state index is 0.0830. The van der Waals surface area contributed by atoms with E-state index in [0.717, 1.165) is 31.6 Å². The molecular weight excluding hydrogens is 294 g/mol. The lowest BCUT2D eigenvalue weighted by molar-refractivity contribution is 0.241. The van der Waals surface area contributed by atoms with Crippen LogP contribution in [0, 0.1) is 5.92 Å². The van der Waals surface area contributed by atoms with E-state index < -0.39 is 10.2 Å². The Morgan fingerprint density at radius 3 is 2.75 bits per heavy atom. The molecule has 1 aliphatic heterocycles. The van der Waals surface area contributed by atoms with E-state index in [4.69, 9.17) is 0 Å². The molecule has 0 aliphatic carbocycles. The SMILES string of the molecule is CCC(CSC)N(C)S(=O)(=O)N1CCCC(CNC)C1. The molecule has 0 bridgehead atoms. The summed E-state index contributed by atoms with van der Waals surface area (Å²) in [6.45, 7) is 4.23. The molecule has 1 rings (SSSR count). The quantitative estimate of drug-likeness (QED) is 0.730. The number of hydrogen-bond donors (Lipinski definition) is 1. The Bertz CT molecular complexity index is 374. The van der Waals surface area contributed by atoms with Crippen molar-refractivity contribution in [3.05, 3.63) is 0 Å². The van der Waals surface area contributed by atoms with E-state index in [1.807, 2.05) is 20.2 Å². The third-order valence-corrected chi connectivity index (χ3v) is 6.74. The highest BCUT2D eigenvalue weighted by Gasteiger charge is 2.34. The second-order valence-corrected chi connectivity index (χ2v) is 8.36. The Morgan fingerprint density at radius 1 is 1.50 bits per heavy atom. The average Bonchev–Trinajstić information content (AvgIpc) is 2.44. The largest absolute Gasteiger partial charge is 0.319 e. The maximum atomic E-state index is 12.7. The molecule has 0 spiro atoms. The predicted molar refractivity (Wildman–Crippen MR) is 87.4 cm³/mol. The van der Waals surface area contributed by atoms with Gasteiger partial charge in [0.05, 0.1) is 0 Å². The third-order valence-electron chi connectivity index (χ3n) is 4.01. The number of hydrogen-bond acceptors (Lipinski definition) is 4. The van der Waals surface area contributed by atoms with Crippen LogP contribution < -0.4 is 5.32 Å². The lowest BCUT2D eigenvalue weighted by Crippen LogP contribution is -2.51. The van der Waals surface area contributed by atoms with Gasteiger partial charge in [0.2, 0.25) is 0 Å². The minimum atomic E-state index is -3.32. The van der Waals surface area contributed by atoms with Gasteiger partial charge >= 0.3 is 0 Å². The van der Waals surface area contributed by atoms with Crippen molar-refractivity contribution in [3.63, 3.8) is 0 Å². The fourth-order valence-electron chi connectivity index (χ4n) is 2.73. The monoisotopic (exact) mass is 323 g/mol. The van der Waals surface area contributed by atoms with Gasteiger partial charge in [-0.05, 0) is 45.0 Å². The molecule has 1 heterocycles. The molecule has 20 heavy (non-hydrogen) atoms. The van der Waals surface area contributed by atoms with Crippen LogP contribution in [0.1, 0.15) is 26.2 Å². The number of nitrogens with one attached hydrogen (secondary N) is 1. The van der Waals surface area contributed by atoms with E-state index in [0.29, 0.717) is 19.0 Å². The Morgan fingerprint density at radius 2 is 2.20 bits per heavy atom. The number of piperidine rings is 1. The first-order valence-electron chi connectivity index (χ1n) is 7.34. The molecule has 1 saturated heterocycles. The number of thioether (sulfide) groups is 1. The maximum absolute atomic E-state index is 12.7. The van der Waals surface area contributed by atoms with Crippen LogP contribution in [0.2, 0.25) is 0 Å². The van der Waals surface area contributed by atoms with Crippen LogP contribution in [-0.4, -0.2) is 68.8 Å². The van der Waals surface area contributed by atoms with Gasteiger partial charge in [-0.3, -0.25) is 0 Å². The molecule has 5 nitrogen and oxygen atoms in total. The van der Waals surface area contributed by atoms with Crippen molar-refractivity contribution in [2.45, 2.75) is 32.2 Å². The van der Waals surface area contributed by atoms with E-state index in [1.54, 1.807) is 27.4 Å². The van der Waals surface area contributed by atoms with Gasteiger partial charge < -0.3 is 5.32 Å². The Hall–Kier alpha value is 0.180. The van der Waals surface area contributed by atoms with Crippen LogP contribution >= 0.6 is 11.8 Å². The van der Waals surface area contributed by atoms with Gasteiger partial charge in [0.15, 0.2) is 0 Å². The summed E-state index contributed by atoms with van der Waals surface area (Å²) in [5.41, 5.74) is 0. The van der Waals surface area contributed by atoms with Gasteiger partial charge in [-0.2, -0.15) is 28.8 Å². The zero-order chi connectivity index (χ0) is 15.2. The van der Waals surface area contributed by atoms with Crippen LogP contribution in [0.4, 0.5) is 0 Å². The van der Waals surface area contributed by atoms with Gasteiger partial charge in [-0.25, -0.2) is 0 Å². The zero-order valence-corrected chi connectivity index (χ0v) is 14.8. The summed E-state index contributed by atoms with van der Waals surface area (Å²) in [5.74, 6) is 1.28. The van der Waals surface area contributed by atoms with Crippen molar-refractivity contribution in [3.8, 4) is 0 Å². The lowest BCUT2D eigenvalue weighted by Gasteiger charge is -2.36. The van der Waals surface area contributed by atoms with Gasteiger partial charge in [0.1, 0.15) is 0 Å². The number of rotatable bonds is 8. The molecule has 0 saturated carbocycles. The first-order valence-corrected chi connectivity index (χ1v) is 10.1. The van der Waals surface area contributed by atoms with Gasteiger partial charge in [-0.1, -0.05) is 6.92 Å². The zero-order valence-electron chi connectivity index (χ0n) is 13.1. The minimum Gasteiger partial charge on any atom is -0.319 e. The van der Waals surface area contributed by atoms with E-state index in [-0.39, 0.29) is 6.04 Å². The van der Waals surface area contributed by atoms with Gasteiger partial charge in [-0.15, -0.1) is 0 Å². The second kappa shape index (κ2) is 8.58. The van der Waals surface area contributed by atoms with Crippen molar-refractivity contribution >= 4 is 22.0 Å². The molecule has 2 unspecified atom stereocenters. The first kappa shape index (κ1) is 18.2. The van der Waals surface area contributed by atoms with Crippen LogP contribution in [0.15, 0.2) is 0 Å². The van der Waals surface area contributed by atoms with Crippen molar-refractivity contribution < 1.29 is 8.42 Å². The molecule has 0 aromatic heterocycles. The Balaban J connectivity index is 2.75. The van der Waals surface area contributed by atoms with E-state index >= 15 is 0 Å². The molecule has 1 aliphatic rings. The van der Waals surface area contributed by atoms with Gasteiger partial charge in [0.25, 0.3) is 10.2 Å². The van der Waals surface area contributed by atoms with Crippen molar-refractivity contribution in [2.24, 2.45) is 5.92 Å². The standard InChI is InChI=1S/C13H29N3O2S2/c1-5-13(11-19-4)15(3)20(17,18)16-8-6-7-12(10-16)9-14-2/h12-14H,5-11H2,1-4H3. The molecule has 2 atom stereocenters. The highest BCUT2D eigenvalue weighted by atomic mass is 32.2. The smallest absolute Gasteiger partial charge is 0.282 e. The van der Waals surface area contributed by atoms with Crippen molar-refractivity contribution in [1.29, 1.82) is 0 Å². The molecule has 0 radical (unpaired) electrons. The van der Waals surface area contributed by atoms with Crippen LogP contribution in [0.5, 0.6) is 0 Å². The molecule has 0 aromatic rings. The van der Waals surface area contributed by atoms with Crippen LogP contribution in [0.3, 0.4) is 0 Å². The van der Waals surface area contributed by atoms with E-state index in [1.165, 1.54) is 0 Å².